The number of hydrogen-bond donors (Lipinski definition) is 4. The molecule has 3 atom stereocenters. The maximum absolute atomic E-state index is 14.0. The number of carboxylic acid groups (broad SMARTS) is 1. The van der Waals surface area contributed by atoms with Gasteiger partial charge in [0.05, 0.1) is 53.0 Å². The van der Waals surface area contributed by atoms with Gasteiger partial charge in [0.2, 0.25) is 5.91 Å². The van der Waals surface area contributed by atoms with E-state index in [1.54, 1.807) is 38.1 Å². The summed E-state index contributed by atoms with van der Waals surface area (Å²) < 4.78 is 16.4. The van der Waals surface area contributed by atoms with E-state index in [0.717, 1.165) is 4.90 Å². The van der Waals surface area contributed by atoms with E-state index in [2.05, 4.69) is 16.0 Å². The number of ether oxygens (including phenoxy) is 3. The maximum atomic E-state index is 14.0. The van der Waals surface area contributed by atoms with Gasteiger partial charge in [0.25, 0.3) is 0 Å². The summed E-state index contributed by atoms with van der Waals surface area (Å²) >= 11 is 0. The van der Waals surface area contributed by atoms with E-state index >= 15 is 0 Å². The molecule has 1 aromatic carbocycles. The number of aliphatic carboxylic acids is 1. The summed E-state index contributed by atoms with van der Waals surface area (Å²) in [5.41, 5.74) is -5.08. The molecule has 1 rings (SSSR count). The van der Waals surface area contributed by atoms with Crippen molar-refractivity contribution in [3.8, 4) is 6.07 Å². The van der Waals surface area contributed by atoms with Crippen LogP contribution in [0, 0.1) is 33.0 Å². The third-order valence-corrected chi connectivity index (χ3v) is 8.78. The van der Waals surface area contributed by atoms with Gasteiger partial charge in [0.15, 0.2) is 0 Å². The first-order valence-electron chi connectivity index (χ1n) is 16.9. The van der Waals surface area contributed by atoms with Gasteiger partial charge in [0.1, 0.15) is 13.2 Å². The van der Waals surface area contributed by atoms with E-state index in [1.807, 2.05) is 6.07 Å². The van der Waals surface area contributed by atoms with Gasteiger partial charge in [-0.15, -0.1) is 0 Å². The number of nitrogens with one attached hydrogen (secondary N) is 3. The first-order valence-corrected chi connectivity index (χ1v) is 16.9. The summed E-state index contributed by atoms with van der Waals surface area (Å²) in [4.78, 5) is 90.6. The summed E-state index contributed by atoms with van der Waals surface area (Å²) in [7, 11) is 1.34. The molecule has 3 unspecified atom stereocenters. The Kier molecular flexibility index (Phi) is 16.7. The highest BCUT2D eigenvalue weighted by Gasteiger charge is 2.53. The van der Waals surface area contributed by atoms with E-state index in [4.69, 9.17) is 19.5 Å². The van der Waals surface area contributed by atoms with Crippen molar-refractivity contribution in [3.63, 3.8) is 0 Å². The summed E-state index contributed by atoms with van der Waals surface area (Å²) in [6.45, 7) is 11.0. The second-order valence-corrected chi connectivity index (χ2v) is 14.0. The zero-order valence-corrected chi connectivity index (χ0v) is 31.6. The van der Waals surface area contributed by atoms with Crippen molar-refractivity contribution in [3.05, 3.63) is 29.8 Å². The Morgan fingerprint density at radius 2 is 1.35 bits per heavy atom. The van der Waals surface area contributed by atoms with E-state index in [0.29, 0.717) is 11.3 Å². The number of anilines is 1. The quantitative estimate of drug-likeness (QED) is 0.0890. The minimum Gasteiger partial charge on any atom is -0.481 e. The predicted molar refractivity (Wildman–Crippen MR) is 188 cm³/mol. The number of nitrogens with zero attached hydrogens (tertiary/aromatic N) is 2. The lowest BCUT2D eigenvalue weighted by Crippen LogP contribution is -2.48. The number of amides is 5. The zero-order chi connectivity index (χ0) is 39.9. The Bertz CT molecular complexity index is 1510. The highest BCUT2D eigenvalue weighted by Crippen LogP contribution is 2.49. The molecule has 0 bridgehead atoms. The van der Waals surface area contributed by atoms with Crippen LogP contribution in [0.25, 0.3) is 0 Å². The van der Waals surface area contributed by atoms with Crippen LogP contribution in [0.2, 0.25) is 0 Å². The monoisotopic (exact) mass is 731 g/mol. The van der Waals surface area contributed by atoms with Gasteiger partial charge < -0.3 is 35.3 Å². The number of esters is 3. The van der Waals surface area contributed by atoms with Gasteiger partial charge in [0, 0.05) is 19.7 Å². The summed E-state index contributed by atoms with van der Waals surface area (Å²) in [5.74, 6) is -4.06. The highest BCUT2D eigenvalue weighted by molar-refractivity contribution is 5.93. The van der Waals surface area contributed by atoms with Crippen LogP contribution >= 0.6 is 0 Å². The molecule has 52 heavy (non-hydrogen) atoms. The number of benzene rings is 1. The fraction of sp³-hybridized carbons (Fsp3) is 0.611. The van der Waals surface area contributed by atoms with Crippen LogP contribution in [0.3, 0.4) is 0 Å². The topological polar surface area (TPSA) is 231 Å². The Morgan fingerprint density at radius 1 is 0.808 bits per heavy atom. The molecule has 0 aliphatic heterocycles. The fourth-order valence-corrected chi connectivity index (χ4v) is 6.09. The molecule has 1 aromatic rings. The number of hydrogen-bond acceptors (Lipinski definition) is 11. The molecule has 0 saturated heterocycles. The molecule has 288 valence electrons. The van der Waals surface area contributed by atoms with E-state index < -0.39 is 70.1 Å². The molecule has 4 N–H and O–H groups in total. The van der Waals surface area contributed by atoms with Gasteiger partial charge in [-0.25, -0.2) is 9.59 Å². The lowest BCUT2D eigenvalue weighted by molar-refractivity contribution is -0.171. The Labute approximate surface area is 304 Å². The molecular weight excluding hydrogens is 678 g/mol. The molecular formula is C36H53N5O11. The van der Waals surface area contributed by atoms with Crippen molar-refractivity contribution in [2.75, 3.05) is 45.3 Å². The van der Waals surface area contributed by atoms with Crippen LogP contribution in [0.4, 0.5) is 15.3 Å². The average molecular weight is 732 g/mol. The van der Waals surface area contributed by atoms with Crippen LogP contribution < -0.4 is 16.0 Å². The Hall–Kier alpha value is -5.20. The largest absolute Gasteiger partial charge is 0.481 e. The molecule has 5 amide bonds. The first kappa shape index (κ1) is 44.8. The Morgan fingerprint density at radius 3 is 1.85 bits per heavy atom. The molecule has 0 heterocycles. The number of rotatable bonds is 19. The molecule has 16 nitrogen and oxygen atoms in total. The number of carbonyl (C=O) groups excluding carboxylic acids is 6. The second-order valence-electron chi connectivity index (χ2n) is 14.0. The summed E-state index contributed by atoms with van der Waals surface area (Å²) in [5, 5.41) is 26.5. The SMILES string of the molecule is CCOC(=O)C(C)(CC(C)(CC)C(=O)O)CC(C)(CC(C)(C)C(=O)OCCNC(=O)Nc1ccc(C#N)cc1)C(=O)OCCN(C(C)=O)C(=O)NC. The van der Waals surface area contributed by atoms with Crippen molar-refractivity contribution in [2.45, 2.75) is 81.1 Å². The van der Waals surface area contributed by atoms with E-state index in [9.17, 15) is 38.7 Å². The molecule has 0 aromatic heterocycles. The Balaban J connectivity index is 3.29. The molecule has 0 fully saturated rings. The van der Waals surface area contributed by atoms with Gasteiger partial charge >= 0.3 is 35.9 Å². The fourth-order valence-electron chi connectivity index (χ4n) is 6.09. The van der Waals surface area contributed by atoms with Crippen molar-refractivity contribution < 1.29 is 52.9 Å². The predicted octanol–water partition coefficient (Wildman–Crippen LogP) is 4.23. The number of carbonyl (C=O) groups is 7. The molecule has 16 heteroatoms. The van der Waals surface area contributed by atoms with Crippen molar-refractivity contribution in [2.24, 2.45) is 21.7 Å². The van der Waals surface area contributed by atoms with Crippen LogP contribution in [0.1, 0.15) is 86.6 Å². The van der Waals surface area contributed by atoms with Crippen LogP contribution in [0.5, 0.6) is 0 Å². The normalized spacial score (nSPS) is 14.5. The lowest BCUT2D eigenvalue weighted by Gasteiger charge is -2.42. The summed E-state index contributed by atoms with van der Waals surface area (Å²) in [6, 6.07) is 6.89. The first-order chi connectivity index (χ1) is 24.1. The van der Waals surface area contributed by atoms with Gasteiger partial charge in [-0.1, -0.05) is 6.92 Å². The smallest absolute Gasteiger partial charge is 0.323 e. The lowest BCUT2D eigenvalue weighted by atomic mass is 9.61. The summed E-state index contributed by atoms with van der Waals surface area (Å²) in [6.07, 6.45) is -0.569. The van der Waals surface area contributed by atoms with Crippen molar-refractivity contribution in [1.82, 2.24) is 15.5 Å². The molecule has 0 aliphatic carbocycles. The standard InChI is InChI=1S/C36H53N5O11/c1-10-34(6,27(43)44)22-36(8,29(46)50-11-2)23-35(7,30(47)52-19-17-41(24(3)42)32(49)38-9)21-33(4,5)28(45)51-18-16-39-31(48)40-26-14-12-25(20-37)13-15-26/h12-15H,10-11,16-19,21-23H2,1-9H3,(H,38,49)(H,43,44)(H2,39,40,48). The van der Waals surface area contributed by atoms with Crippen LogP contribution in [-0.4, -0.2) is 91.8 Å². The van der Waals surface area contributed by atoms with E-state index in [1.165, 1.54) is 48.6 Å². The third-order valence-electron chi connectivity index (χ3n) is 8.78. The average Bonchev–Trinajstić information content (AvgIpc) is 3.07. The van der Waals surface area contributed by atoms with Gasteiger partial charge in [-0.3, -0.25) is 28.9 Å². The van der Waals surface area contributed by atoms with Gasteiger partial charge in [-0.2, -0.15) is 5.26 Å². The van der Waals surface area contributed by atoms with Crippen molar-refractivity contribution >= 4 is 47.5 Å². The number of carboxylic acids is 1. The maximum Gasteiger partial charge on any atom is 0.323 e. The minimum atomic E-state index is -1.63. The minimum absolute atomic E-state index is 0.0107. The number of urea groups is 2. The molecule has 0 spiro atoms. The van der Waals surface area contributed by atoms with Crippen LogP contribution in [-0.2, 0) is 38.2 Å². The number of imide groups is 1. The third kappa shape index (κ3) is 12.8. The highest BCUT2D eigenvalue weighted by atomic mass is 16.5. The second kappa shape index (κ2) is 19.4. The van der Waals surface area contributed by atoms with Crippen LogP contribution in [0.15, 0.2) is 24.3 Å². The van der Waals surface area contributed by atoms with Gasteiger partial charge in [-0.05, 0) is 91.5 Å². The van der Waals surface area contributed by atoms with E-state index in [-0.39, 0.29) is 52.0 Å². The molecule has 0 radical (unpaired) electrons. The molecule has 0 aliphatic rings. The molecule has 0 saturated carbocycles. The van der Waals surface area contributed by atoms with Crippen molar-refractivity contribution in [1.29, 1.82) is 5.26 Å². The zero-order valence-electron chi connectivity index (χ0n) is 31.6. The number of nitriles is 1.